The Labute approximate surface area is 149 Å². The van der Waals surface area contributed by atoms with Crippen LogP contribution in [-0.4, -0.2) is 32.9 Å². The molecule has 130 valence electrons. The van der Waals surface area contributed by atoms with Gasteiger partial charge in [0.15, 0.2) is 11.5 Å². The number of fused-ring (bicyclic) bond motifs is 3. The summed E-state index contributed by atoms with van der Waals surface area (Å²) in [4.78, 5) is 34.6. The van der Waals surface area contributed by atoms with Crippen LogP contribution in [0.5, 0.6) is 11.5 Å². The number of aromatic nitrogens is 1. The number of carbonyl (C=O) groups is 3. The zero-order chi connectivity index (χ0) is 18.4. The highest BCUT2D eigenvalue weighted by Gasteiger charge is 2.31. The van der Waals surface area contributed by atoms with E-state index in [9.17, 15) is 14.4 Å². The summed E-state index contributed by atoms with van der Waals surface area (Å²) in [5, 5.41) is 19.4. The third-order valence-electron chi connectivity index (χ3n) is 3.84. The van der Waals surface area contributed by atoms with Gasteiger partial charge in [-0.05, 0) is 29.8 Å². The topological polar surface area (TPSA) is 115 Å². The molecule has 0 radical (unpaired) electrons. The van der Waals surface area contributed by atoms with Gasteiger partial charge in [0.25, 0.3) is 0 Å². The number of benzene rings is 1. The van der Waals surface area contributed by atoms with E-state index in [2.05, 4.69) is 9.47 Å². The van der Waals surface area contributed by atoms with E-state index in [1.807, 2.05) is 0 Å². The Morgan fingerprint density at radius 1 is 1.04 bits per heavy atom. The van der Waals surface area contributed by atoms with Crippen LogP contribution < -0.4 is 9.47 Å². The van der Waals surface area contributed by atoms with Crippen LogP contribution in [0, 0.1) is 0 Å². The fourth-order valence-corrected chi connectivity index (χ4v) is 3.88. The lowest BCUT2D eigenvalue weighted by Crippen LogP contribution is -2.08. The van der Waals surface area contributed by atoms with Crippen molar-refractivity contribution in [2.24, 2.45) is 0 Å². The number of ether oxygens (including phenoxy) is 2. The predicted molar refractivity (Wildman–Crippen MR) is 89.8 cm³/mol. The molecule has 0 fully saturated rings. The summed E-state index contributed by atoms with van der Waals surface area (Å²) in [6.45, 7) is 0. The Hall–Kier alpha value is -3.59. The highest BCUT2D eigenvalue weighted by atomic mass is 32.1. The molecule has 3 heterocycles. The molecule has 0 aliphatic carbocycles. The molecule has 0 saturated heterocycles. The van der Waals surface area contributed by atoms with Crippen molar-refractivity contribution >= 4 is 29.4 Å². The summed E-state index contributed by atoms with van der Waals surface area (Å²) in [5.41, 5.74) is 2.52. The Bertz CT molecular complexity index is 1080. The highest BCUT2D eigenvalue weighted by Crippen LogP contribution is 2.43. The third kappa shape index (κ3) is 2.42. The van der Waals surface area contributed by atoms with Crippen LogP contribution in [0.1, 0.15) is 15.4 Å². The standard InChI is InChI=1S/C17H9NO7S/c19-14-10-2-1-5-18(10)13-9(7-26-15(13)14)8-3-4-11(24-16(20)21)12(6-8)25-17(22)23/h1-7H,(H,20,21)(H,22,23). The highest BCUT2D eigenvalue weighted by molar-refractivity contribution is 7.13. The van der Waals surface area contributed by atoms with Gasteiger partial charge in [0.1, 0.15) is 4.88 Å². The second-order valence-electron chi connectivity index (χ2n) is 5.32. The third-order valence-corrected chi connectivity index (χ3v) is 4.81. The van der Waals surface area contributed by atoms with Crippen LogP contribution >= 0.6 is 11.3 Å². The molecule has 0 unspecified atom stereocenters. The molecule has 0 atom stereocenters. The maximum atomic E-state index is 12.4. The van der Waals surface area contributed by atoms with Crippen molar-refractivity contribution in [3.8, 4) is 28.3 Å². The summed E-state index contributed by atoms with van der Waals surface area (Å²) in [6, 6.07) is 7.73. The number of nitrogens with zero attached hydrogens (tertiary/aromatic N) is 1. The van der Waals surface area contributed by atoms with Crippen LogP contribution in [0.15, 0.2) is 41.9 Å². The minimum absolute atomic E-state index is 0.0749. The minimum atomic E-state index is -1.60. The van der Waals surface area contributed by atoms with Gasteiger partial charge in [-0.15, -0.1) is 11.3 Å². The molecule has 9 heteroatoms. The fourth-order valence-electron chi connectivity index (χ4n) is 2.86. The average molecular weight is 371 g/mol. The maximum Gasteiger partial charge on any atom is 0.511 e. The van der Waals surface area contributed by atoms with Gasteiger partial charge in [-0.25, -0.2) is 9.59 Å². The molecule has 8 nitrogen and oxygen atoms in total. The smallest absolute Gasteiger partial charge is 0.449 e. The molecule has 0 bridgehead atoms. The second kappa shape index (κ2) is 5.74. The Morgan fingerprint density at radius 2 is 1.77 bits per heavy atom. The number of ketones is 1. The molecule has 0 spiro atoms. The summed E-state index contributed by atoms with van der Waals surface area (Å²) in [7, 11) is 0. The van der Waals surface area contributed by atoms with Crippen LogP contribution in [0.2, 0.25) is 0 Å². The van der Waals surface area contributed by atoms with Gasteiger partial charge in [-0.3, -0.25) is 4.79 Å². The van der Waals surface area contributed by atoms with Gasteiger partial charge >= 0.3 is 12.3 Å². The Kier molecular flexibility index (Phi) is 3.51. The zero-order valence-corrected chi connectivity index (χ0v) is 13.6. The van der Waals surface area contributed by atoms with Gasteiger partial charge in [-0.1, -0.05) is 6.07 Å². The van der Waals surface area contributed by atoms with Crippen LogP contribution in [-0.2, 0) is 0 Å². The monoisotopic (exact) mass is 371 g/mol. The van der Waals surface area contributed by atoms with Gasteiger partial charge in [0.2, 0.25) is 5.78 Å². The molecule has 0 saturated carbocycles. The SMILES string of the molecule is O=C(O)Oc1ccc(-c2csc3c2-n2cccc2C3=O)cc1OC(=O)O. The van der Waals surface area contributed by atoms with E-state index in [-0.39, 0.29) is 17.3 Å². The Balaban J connectivity index is 1.84. The molecule has 0 amide bonds. The van der Waals surface area contributed by atoms with E-state index in [1.54, 1.807) is 34.3 Å². The molecular formula is C17H9NO7S. The number of carboxylic acid groups (broad SMARTS) is 2. The second-order valence-corrected chi connectivity index (χ2v) is 6.20. The van der Waals surface area contributed by atoms with Crippen molar-refractivity contribution < 1.29 is 34.1 Å². The summed E-state index contributed by atoms with van der Waals surface area (Å²) < 4.78 is 10.9. The van der Waals surface area contributed by atoms with Crippen molar-refractivity contribution in [1.82, 2.24) is 4.57 Å². The molecule has 1 aliphatic rings. The fraction of sp³-hybridized carbons (Fsp3) is 0. The quantitative estimate of drug-likeness (QED) is 0.415. The van der Waals surface area contributed by atoms with E-state index in [1.165, 1.54) is 23.5 Å². The normalized spacial score (nSPS) is 11.8. The van der Waals surface area contributed by atoms with E-state index in [0.717, 1.165) is 0 Å². The van der Waals surface area contributed by atoms with Crippen molar-refractivity contribution in [3.63, 3.8) is 0 Å². The van der Waals surface area contributed by atoms with Crippen molar-refractivity contribution in [2.75, 3.05) is 0 Å². The molecular weight excluding hydrogens is 362 g/mol. The van der Waals surface area contributed by atoms with E-state index >= 15 is 0 Å². The van der Waals surface area contributed by atoms with Gasteiger partial charge in [-0.2, -0.15) is 0 Å². The molecule has 2 aromatic heterocycles. The lowest BCUT2D eigenvalue weighted by molar-refractivity contribution is 0.104. The number of carbonyl (C=O) groups excluding carboxylic acids is 1. The number of hydrogen-bond acceptors (Lipinski definition) is 6. The summed E-state index contributed by atoms with van der Waals surface area (Å²) >= 11 is 1.28. The lowest BCUT2D eigenvalue weighted by Gasteiger charge is -2.10. The van der Waals surface area contributed by atoms with Crippen molar-refractivity contribution in [1.29, 1.82) is 0 Å². The van der Waals surface area contributed by atoms with Gasteiger partial charge in [0, 0.05) is 17.1 Å². The predicted octanol–water partition coefficient (Wildman–Crippen LogP) is 3.86. The molecule has 26 heavy (non-hydrogen) atoms. The lowest BCUT2D eigenvalue weighted by atomic mass is 10.1. The number of hydrogen-bond donors (Lipinski definition) is 2. The molecule has 1 aliphatic heterocycles. The van der Waals surface area contributed by atoms with E-state index < -0.39 is 12.3 Å². The number of rotatable bonds is 3. The maximum absolute atomic E-state index is 12.4. The van der Waals surface area contributed by atoms with Crippen LogP contribution in [0.4, 0.5) is 9.59 Å². The van der Waals surface area contributed by atoms with E-state index in [4.69, 9.17) is 10.2 Å². The number of thiophene rings is 1. The molecule has 2 N–H and O–H groups in total. The first-order valence-electron chi connectivity index (χ1n) is 7.25. The van der Waals surface area contributed by atoms with E-state index in [0.29, 0.717) is 27.4 Å². The first-order valence-corrected chi connectivity index (χ1v) is 8.13. The average Bonchev–Trinajstić information content (AvgIpc) is 3.24. The zero-order valence-electron chi connectivity index (χ0n) is 12.8. The first-order chi connectivity index (χ1) is 12.5. The van der Waals surface area contributed by atoms with Crippen LogP contribution in [0.25, 0.3) is 16.8 Å². The molecule has 3 aromatic rings. The van der Waals surface area contributed by atoms with Crippen LogP contribution in [0.3, 0.4) is 0 Å². The first kappa shape index (κ1) is 15.9. The van der Waals surface area contributed by atoms with Crippen molar-refractivity contribution in [2.45, 2.75) is 0 Å². The Morgan fingerprint density at radius 3 is 2.50 bits per heavy atom. The summed E-state index contributed by atoms with van der Waals surface area (Å²) in [6.07, 6.45) is -1.42. The van der Waals surface area contributed by atoms with Gasteiger partial charge in [0.05, 0.1) is 11.4 Å². The van der Waals surface area contributed by atoms with Crippen molar-refractivity contribution in [3.05, 3.63) is 52.5 Å². The molecule has 4 rings (SSSR count). The summed E-state index contributed by atoms with van der Waals surface area (Å²) in [5.74, 6) is -0.572. The minimum Gasteiger partial charge on any atom is -0.449 e. The molecule has 1 aromatic carbocycles. The largest absolute Gasteiger partial charge is 0.511 e. The van der Waals surface area contributed by atoms with Gasteiger partial charge < -0.3 is 24.3 Å².